The molecule has 0 saturated carbocycles. The van der Waals surface area contributed by atoms with Gasteiger partial charge in [-0.05, 0) is 24.9 Å². The summed E-state index contributed by atoms with van der Waals surface area (Å²) in [5.41, 5.74) is 0.137. The third-order valence-corrected chi connectivity index (χ3v) is 5.73. The van der Waals surface area contributed by atoms with Gasteiger partial charge in [0.05, 0.1) is 18.6 Å². The molecule has 118 valence electrons. The molecule has 1 rings (SSSR count). The van der Waals surface area contributed by atoms with Gasteiger partial charge in [-0.3, -0.25) is 9.10 Å². The van der Waals surface area contributed by atoms with Crippen LogP contribution in [0.3, 0.4) is 0 Å². The van der Waals surface area contributed by atoms with Crippen molar-refractivity contribution < 1.29 is 27.9 Å². The summed E-state index contributed by atoms with van der Waals surface area (Å²) < 4.78 is 33.5. The van der Waals surface area contributed by atoms with Gasteiger partial charge in [0.2, 0.25) is 10.0 Å². The molecule has 0 fully saturated rings. The Morgan fingerprint density at radius 1 is 1.43 bits per heavy atom. The minimum absolute atomic E-state index is 0.0168. The SMILES string of the molecule is COC(=O)CCCS(=O)(=O)N(C)c1snc(C)c1C(=O)O. The molecule has 0 atom stereocenters. The van der Waals surface area contributed by atoms with Crippen molar-refractivity contribution in [2.75, 3.05) is 24.2 Å². The van der Waals surface area contributed by atoms with Crippen molar-refractivity contribution >= 4 is 38.5 Å². The van der Waals surface area contributed by atoms with Gasteiger partial charge in [-0.15, -0.1) is 0 Å². The van der Waals surface area contributed by atoms with E-state index in [-0.39, 0.29) is 34.9 Å². The molecule has 0 unspecified atom stereocenters. The summed E-state index contributed by atoms with van der Waals surface area (Å²) in [5, 5.41) is 9.17. The van der Waals surface area contributed by atoms with E-state index >= 15 is 0 Å². The van der Waals surface area contributed by atoms with E-state index in [1.807, 2.05) is 0 Å². The molecule has 0 bridgehead atoms. The summed E-state index contributed by atoms with van der Waals surface area (Å²) in [4.78, 5) is 22.1. The van der Waals surface area contributed by atoms with E-state index in [1.54, 1.807) is 0 Å². The zero-order valence-electron chi connectivity index (χ0n) is 11.8. The molecule has 8 nitrogen and oxygen atoms in total. The molecular formula is C11H16N2O6S2. The molecule has 21 heavy (non-hydrogen) atoms. The van der Waals surface area contributed by atoms with Crippen LogP contribution in [0.4, 0.5) is 5.00 Å². The fraction of sp³-hybridized carbons (Fsp3) is 0.545. The predicted molar refractivity (Wildman–Crippen MR) is 77.3 cm³/mol. The largest absolute Gasteiger partial charge is 0.478 e. The van der Waals surface area contributed by atoms with Crippen LogP contribution in [0.1, 0.15) is 28.9 Å². The number of hydrogen-bond acceptors (Lipinski definition) is 7. The van der Waals surface area contributed by atoms with Gasteiger partial charge in [-0.2, -0.15) is 4.37 Å². The van der Waals surface area contributed by atoms with Gasteiger partial charge in [-0.1, -0.05) is 0 Å². The Morgan fingerprint density at radius 3 is 2.57 bits per heavy atom. The van der Waals surface area contributed by atoms with E-state index in [9.17, 15) is 18.0 Å². The Hall–Kier alpha value is -1.68. The van der Waals surface area contributed by atoms with Crippen LogP contribution in [-0.2, 0) is 19.6 Å². The van der Waals surface area contributed by atoms with Gasteiger partial charge in [0, 0.05) is 13.5 Å². The maximum absolute atomic E-state index is 12.1. The number of carboxylic acid groups (broad SMARTS) is 1. The molecule has 0 aliphatic carbocycles. The van der Waals surface area contributed by atoms with E-state index in [0.29, 0.717) is 0 Å². The van der Waals surface area contributed by atoms with Gasteiger partial charge in [0.25, 0.3) is 0 Å². The average molecular weight is 336 g/mol. The topological polar surface area (TPSA) is 114 Å². The number of esters is 1. The molecule has 0 aliphatic heterocycles. The number of aromatic carboxylic acids is 1. The van der Waals surface area contributed by atoms with Gasteiger partial charge < -0.3 is 9.84 Å². The van der Waals surface area contributed by atoms with Crippen LogP contribution in [-0.4, -0.2) is 49.7 Å². The molecule has 0 radical (unpaired) electrons. The molecule has 1 aromatic heterocycles. The summed E-state index contributed by atoms with van der Waals surface area (Å²) in [6, 6.07) is 0. The predicted octanol–water partition coefficient (Wildman–Crippen LogP) is 0.869. The molecule has 0 saturated heterocycles. The van der Waals surface area contributed by atoms with Gasteiger partial charge in [0.15, 0.2) is 0 Å². The smallest absolute Gasteiger partial charge is 0.340 e. The van der Waals surface area contributed by atoms with Crippen LogP contribution < -0.4 is 4.31 Å². The summed E-state index contributed by atoms with van der Waals surface area (Å²) in [7, 11) is -1.23. The van der Waals surface area contributed by atoms with Crippen molar-refractivity contribution in [3.05, 3.63) is 11.3 Å². The number of aryl methyl sites for hydroxylation is 1. The molecule has 0 aliphatic rings. The molecule has 1 heterocycles. The second kappa shape index (κ2) is 6.85. The van der Waals surface area contributed by atoms with Crippen molar-refractivity contribution in [3.8, 4) is 0 Å². The quantitative estimate of drug-likeness (QED) is 0.735. The zero-order valence-corrected chi connectivity index (χ0v) is 13.5. The van der Waals surface area contributed by atoms with E-state index in [0.717, 1.165) is 15.8 Å². The summed E-state index contributed by atoms with van der Waals surface area (Å²) in [5.74, 6) is -2.00. The Morgan fingerprint density at radius 2 is 2.05 bits per heavy atom. The van der Waals surface area contributed by atoms with Crippen LogP contribution in [0.15, 0.2) is 0 Å². The van der Waals surface area contributed by atoms with Crippen LogP contribution in [0.2, 0.25) is 0 Å². The lowest BCUT2D eigenvalue weighted by Gasteiger charge is -2.17. The highest BCUT2D eigenvalue weighted by Gasteiger charge is 2.27. The molecular weight excluding hydrogens is 320 g/mol. The first-order valence-electron chi connectivity index (χ1n) is 5.93. The number of carbonyl (C=O) groups is 2. The highest BCUT2D eigenvalue weighted by atomic mass is 32.2. The first-order valence-corrected chi connectivity index (χ1v) is 8.32. The Balaban J connectivity index is 2.89. The number of nitrogens with zero attached hydrogens (tertiary/aromatic N) is 2. The first kappa shape index (κ1) is 17.4. The number of aromatic nitrogens is 1. The van der Waals surface area contributed by atoms with E-state index in [1.165, 1.54) is 21.1 Å². The fourth-order valence-electron chi connectivity index (χ4n) is 1.58. The van der Waals surface area contributed by atoms with Gasteiger partial charge in [0.1, 0.15) is 10.6 Å². The number of ether oxygens (including phenoxy) is 1. The number of hydrogen-bond donors (Lipinski definition) is 1. The number of anilines is 1. The van der Waals surface area contributed by atoms with Crippen molar-refractivity contribution in [2.45, 2.75) is 19.8 Å². The molecule has 0 aromatic carbocycles. The normalized spacial score (nSPS) is 11.2. The lowest BCUT2D eigenvalue weighted by atomic mass is 10.2. The van der Waals surface area contributed by atoms with Gasteiger partial charge in [-0.25, -0.2) is 13.2 Å². The number of carbonyl (C=O) groups excluding carboxylic acids is 1. The lowest BCUT2D eigenvalue weighted by molar-refractivity contribution is -0.140. The molecule has 0 spiro atoms. The van der Waals surface area contributed by atoms with Crippen molar-refractivity contribution in [1.82, 2.24) is 4.37 Å². The minimum Gasteiger partial charge on any atom is -0.478 e. The van der Waals surface area contributed by atoms with Crippen LogP contribution in [0, 0.1) is 6.92 Å². The van der Waals surface area contributed by atoms with Gasteiger partial charge >= 0.3 is 11.9 Å². The summed E-state index contributed by atoms with van der Waals surface area (Å²) >= 11 is 0.808. The van der Waals surface area contributed by atoms with Crippen molar-refractivity contribution in [1.29, 1.82) is 0 Å². The second-order valence-corrected chi connectivity index (χ2v) is 7.09. The number of methoxy groups -OCH3 is 1. The lowest BCUT2D eigenvalue weighted by Crippen LogP contribution is -2.29. The highest BCUT2D eigenvalue weighted by molar-refractivity contribution is 7.92. The van der Waals surface area contributed by atoms with Crippen LogP contribution >= 0.6 is 11.5 Å². The van der Waals surface area contributed by atoms with E-state index < -0.39 is 22.0 Å². The third-order valence-electron chi connectivity index (χ3n) is 2.77. The summed E-state index contributed by atoms with van der Waals surface area (Å²) in [6.45, 7) is 1.50. The second-order valence-electron chi connectivity index (χ2n) is 4.22. The Labute approximate surface area is 126 Å². The van der Waals surface area contributed by atoms with E-state index in [4.69, 9.17) is 5.11 Å². The fourth-order valence-corrected chi connectivity index (χ4v) is 3.91. The molecule has 0 amide bonds. The Bertz CT molecular complexity index is 637. The third kappa shape index (κ3) is 4.14. The number of sulfonamides is 1. The van der Waals surface area contributed by atoms with E-state index in [2.05, 4.69) is 9.11 Å². The van der Waals surface area contributed by atoms with Crippen LogP contribution in [0.25, 0.3) is 0 Å². The number of rotatable bonds is 7. The highest BCUT2D eigenvalue weighted by Crippen LogP contribution is 2.29. The number of carboxylic acids is 1. The molecule has 10 heteroatoms. The zero-order chi connectivity index (χ0) is 16.2. The average Bonchev–Trinajstić information content (AvgIpc) is 2.79. The monoisotopic (exact) mass is 336 g/mol. The molecule has 1 aromatic rings. The van der Waals surface area contributed by atoms with Crippen LogP contribution in [0.5, 0.6) is 0 Å². The summed E-state index contributed by atoms with van der Waals surface area (Å²) in [6.07, 6.45) is 0.0800. The standard InChI is InChI=1S/C11H16N2O6S2/c1-7-9(11(15)16)10(20-12-7)13(2)21(17,18)6-4-5-8(14)19-3/h4-6H2,1-3H3,(H,15,16). The van der Waals surface area contributed by atoms with Crippen molar-refractivity contribution in [3.63, 3.8) is 0 Å². The molecule has 1 N–H and O–H groups in total. The maximum Gasteiger partial charge on any atom is 0.340 e. The van der Waals surface area contributed by atoms with Crippen molar-refractivity contribution in [2.24, 2.45) is 0 Å². The Kier molecular flexibility index (Phi) is 5.67. The minimum atomic E-state index is -3.73. The first-order chi connectivity index (χ1) is 9.70. The maximum atomic E-state index is 12.1.